The lowest BCUT2D eigenvalue weighted by Crippen LogP contribution is -2.43. The molecule has 1 aliphatic rings. The second-order valence-electron chi connectivity index (χ2n) is 4.84. The maximum absolute atomic E-state index is 11.8. The van der Waals surface area contributed by atoms with Gasteiger partial charge in [-0.3, -0.25) is 4.79 Å². The van der Waals surface area contributed by atoms with E-state index >= 15 is 0 Å². The standard InChI is InChI=1S/C13H24N2O/c1-4-9-14-10-13(16)15(3)12-7-5-11(2)6-8-12/h4,11-12,14H,1,5-10H2,2-3H3. The van der Waals surface area contributed by atoms with Crippen LogP contribution >= 0.6 is 0 Å². The smallest absolute Gasteiger partial charge is 0.236 e. The third-order valence-corrected chi connectivity index (χ3v) is 3.49. The summed E-state index contributed by atoms with van der Waals surface area (Å²) in [7, 11) is 1.93. The lowest BCUT2D eigenvalue weighted by atomic mass is 9.87. The minimum Gasteiger partial charge on any atom is -0.342 e. The highest BCUT2D eigenvalue weighted by molar-refractivity contribution is 5.78. The Morgan fingerprint density at radius 1 is 1.44 bits per heavy atom. The summed E-state index contributed by atoms with van der Waals surface area (Å²) in [5.41, 5.74) is 0. The van der Waals surface area contributed by atoms with E-state index < -0.39 is 0 Å². The topological polar surface area (TPSA) is 32.3 Å². The molecule has 16 heavy (non-hydrogen) atoms. The van der Waals surface area contributed by atoms with Crippen LogP contribution in [0.3, 0.4) is 0 Å². The molecule has 0 saturated heterocycles. The molecule has 1 aliphatic carbocycles. The molecule has 0 heterocycles. The van der Waals surface area contributed by atoms with E-state index in [4.69, 9.17) is 0 Å². The Hall–Kier alpha value is -0.830. The Balaban J connectivity index is 2.29. The molecule has 3 nitrogen and oxygen atoms in total. The van der Waals surface area contributed by atoms with Gasteiger partial charge in [0, 0.05) is 19.6 Å². The fourth-order valence-corrected chi connectivity index (χ4v) is 2.24. The lowest BCUT2D eigenvalue weighted by molar-refractivity contribution is -0.131. The number of nitrogens with one attached hydrogen (secondary N) is 1. The molecule has 0 radical (unpaired) electrons. The number of hydrogen-bond donors (Lipinski definition) is 1. The zero-order valence-electron chi connectivity index (χ0n) is 10.5. The van der Waals surface area contributed by atoms with Gasteiger partial charge in [0.1, 0.15) is 0 Å². The molecule has 1 amide bonds. The number of likely N-dealkylation sites (N-methyl/N-ethyl adjacent to an activating group) is 1. The number of amides is 1. The number of hydrogen-bond acceptors (Lipinski definition) is 2. The molecular formula is C13H24N2O. The number of carbonyl (C=O) groups is 1. The predicted octanol–water partition coefficient (Wildman–Crippen LogP) is 1.80. The minimum absolute atomic E-state index is 0.196. The van der Waals surface area contributed by atoms with Crippen molar-refractivity contribution in [2.75, 3.05) is 20.1 Å². The van der Waals surface area contributed by atoms with Crippen molar-refractivity contribution in [2.45, 2.75) is 38.6 Å². The van der Waals surface area contributed by atoms with E-state index in [2.05, 4.69) is 18.8 Å². The van der Waals surface area contributed by atoms with Crippen molar-refractivity contribution in [2.24, 2.45) is 5.92 Å². The van der Waals surface area contributed by atoms with Crippen LogP contribution in [-0.4, -0.2) is 37.0 Å². The monoisotopic (exact) mass is 224 g/mol. The van der Waals surface area contributed by atoms with Gasteiger partial charge in [-0.2, -0.15) is 0 Å². The summed E-state index contributed by atoms with van der Waals surface area (Å²) in [4.78, 5) is 13.7. The molecule has 0 aromatic rings. The van der Waals surface area contributed by atoms with Crippen LogP contribution in [0.15, 0.2) is 12.7 Å². The van der Waals surface area contributed by atoms with Crippen molar-refractivity contribution in [3.05, 3.63) is 12.7 Å². The number of rotatable bonds is 5. The highest BCUT2D eigenvalue weighted by Crippen LogP contribution is 2.26. The molecule has 0 spiro atoms. The van der Waals surface area contributed by atoms with Crippen molar-refractivity contribution >= 4 is 5.91 Å². The van der Waals surface area contributed by atoms with E-state index in [-0.39, 0.29) is 5.91 Å². The van der Waals surface area contributed by atoms with Crippen molar-refractivity contribution in [3.63, 3.8) is 0 Å². The third kappa shape index (κ3) is 3.97. The molecule has 1 rings (SSSR count). The Bertz CT molecular complexity index is 232. The number of carbonyl (C=O) groups excluding carboxylic acids is 1. The van der Waals surface area contributed by atoms with Crippen LogP contribution in [-0.2, 0) is 4.79 Å². The van der Waals surface area contributed by atoms with E-state index in [1.807, 2.05) is 11.9 Å². The first-order valence-corrected chi connectivity index (χ1v) is 6.22. The van der Waals surface area contributed by atoms with Gasteiger partial charge in [0.2, 0.25) is 5.91 Å². The van der Waals surface area contributed by atoms with E-state index in [1.54, 1.807) is 6.08 Å². The van der Waals surface area contributed by atoms with Gasteiger partial charge in [0.15, 0.2) is 0 Å². The summed E-state index contributed by atoms with van der Waals surface area (Å²) in [6.45, 7) is 7.03. The SMILES string of the molecule is C=CCNCC(=O)N(C)C1CCC(C)CC1. The van der Waals surface area contributed by atoms with E-state index in [0.717, 1.165) is 18.8 Å². The fourth-order valence-electron chi connectivity index (χ4n) is 2.24. The molecule has 0 unspecified atom stereocenters. The van der Waals surface area contributed by atoms with Crippen LogP contribution in [0.1, 0.15) is 32.6 Å². The van der Waals surface area contributed by atoms with Crippen LogP contribution < -0.4 is 5.32 Å². The summed E-state index contributed by atoms with van der Waals surface area (Å²) >= 11 is 0. The Morgan fingerprint density at radius 2 is 2.06 bits per heavy atom. The first kappa shape index (κ1) is 13.2. The first-order chi connectivity index (χ1) is 7.65. The van der Waals surface area contributed by atoms with Crippen molar-refractivity contribution < 1.29 is 4.79 Å². The quantitative estimate of drug-likeness (QED) is 0.570. The Labute approximate surface area is 98.9 Å². The van der Waals surface area contributed by atoms with Crippen molar-refractivity contribution in [1.29, 1.82) is 0 Å². The third-order valence-electron chi connectivity index (χ3n) is 3.49. The molecule has 0 bridgehead atoms. The minimum atomic E-state index is 0.196. The zero-order chi connectivity index (χ0) is 12.0. The molecule has 0 atom stereocenters. The van der Waals surface area contributed by atoms with Gasteiger partial charge >= 0.3 is 0 Å². The molecule has 0 aromatic carbocycles. The zero-order valence-corrected chi connectivity index (χ0v) is 10.5. The second-order valence-corrected chi connectivity index (χ2v) is 4.84. The highest BCUT2D eigenvalue weighted by Gasteiger charge is 2.24. The lowest BCUT2D eigenvalue weighted by Gasteiger charge is -2.33. The van der Waals surface area contributed by atoms with Crippen LogP contribution in [0.25, 0.3) is 0 Å². The van der Waals surface area contributed by atoms with Gasteiger partial charge in [-0.15, -0.1) is 6.58 Å². The van der Waals surface area contributed by atoms with E-state index in [0.29, 0.717) is 19.1 Å². The van der Waals surface area contributed by atoms with Crippen LogP contribution in [0.5, 0.6) is 0 Å². The van der Waals surface area contributed by atoms with Gasteiger partial charge in [0.25, 0.3) is 0 Å². The molecule has 1 N–H and O–H groups in total. The molecule has 1 fully saturated rings. The number of nitrogens with zero attached hydrogens (tertiary/aromatic N) is 1. The van der Waals surface area contributed by atoms with E-state index in [1.165, 1.54) is 12.8 Å². The van der Waals surface area contributed by atoms with Gasteiger partial charge in [-0.1, -0.05) is 13.0 Å². The van der Waals surface area contributed by atoms with Crippen molar-refractivity contribution in [3.8, 4) is 0 Å². The first-order valence-electron chi connectivity index (χ1n) is 6.22. The molecule has 3 heteroatoms. The largest absolute Gasteiger partial charge is 0.342 e. The Morgan fingerprint density at radius 3 is 2.62 bits per heavy atom. The molecule has 0 aromatic heterocycles. The summed E-state index contributed by atoms with van der Waals surface area (Å²) in [5, 5.41) is 3.05. The molecule has 1 saturated carbocycles. The fraction of sp³-hybridized carbons (Fsp3) is 0.769. The molecule has 0 aliphatic heterocycles. The predicted molar refractivity (Wildman–Crippen MR) is 67.3 cm³/mol. The highest BCUT2D eigenvalue weighted by atomic mass is 16.2. The van der Waals surface area contributed by atoms with Crippen LogP contribution in [0.2, 0.25) is 0 Å². The van der Waals surface area contributed by atoms with Gasteiger partial charge in [0.05, 0.1) is 6.54 Å². The van der Waals surface area contributed by atoms with Crippen LogP contribution in [0, 0.1) is 5.92 Å². The second kappa shape index (κ2) is 6.69. The summed E-state index contributed by atoms with van der Waals surface area (Å²) in [6, 6.07) is 0.453. The van der Waals surface area contributed by atoms with Crippen molar-refractivity contribution in [1.82, 2.24) is 10.2 Å². The van der Waals surface area contributed by atoms with Gasteiger partial charge in [-0.05, 0) is 31.6 Å². The molecule has 92 valence electrons. The van der Waals surface area contributed by atoms with Crippen LogP contribution in [0.4, 0.5) is 0 Å². The summed E-state index contributed by atoms with van der Waals surface area (Å²) < 4.78 is 0. The Kier molecular flexibility index (Phi) is 5.53. The van der Waals surface area contributed by atoms with Gasteiger partial charge < -0.3 is 10.2 Å². The maximum atomic E-state index is 11.8. The average Bonchev–Trinajstić information content (AvgIpc) is 2.29. The normalized spacial score (nSPS) is 25.1. The average molecular weight is 224 g/mol. The summed E-state index contributed by atoms with van der Waals surface area (Å²) in [5.74, 6) is 1.03. The maximum Gasteiger partial charge on any atom is 0.236 e. The summed E-state index contributed by atoms with van der Waals surface area (Å²) in [6.07, 6.45) is 6.59. The van der Waals surface area contributed by atoms with Gasteiger partial charge in [-0.25, -0.2) is 0 Å². The van der Waals surface area contributed by atoms with E-state index in [9.17, 15) is 4.79 Å². The molecular weight excluding hydrogens is 200 g/mol.